The Morgan fingerprint density at radius 1 is 1.00 bits per heavy atom. The molecule has 5 rings (SSSR count). The smallest absolute Gasteiger partial charge is 0.343 e. The Balaban J connectivity index is 1.33. The van der Waals surface area contributed by atoms with Crippen molar-refractivity contribution in [3.05, 3.63) is 106 Å². The Morgan fingerprint density at radius 3 is 2.61 bits per heavy atom. The molecule has 1 heterocycles. The average molecular weight is 517 g/mol. The first-order valence-corrected chi connectivity index (χ1v) is 11.6. The molecule has 0 fully saturated rings. The topological polar surface area (TPSA) is 84.9 Å². The van der Waals surface area contributed by atoms with Crippen molar-refractivity contribution in [2.45, 2.75) is 6.92 Å². The van der Waals surface area contributed by atoms with Gasteiger partial charge in [-0.15, -0.1) is 0 Å². The molecule has 0 radical (unpaired) electrons. The van der Waals surface area contributed by atoms with Gasteiger partial charge in [-0.1, -0.05) is 41.4 Å². The number of hydrogen-bond donors (Lipinski definition) is 1. The van der Waals surface area contributed by atoms with E-state index in [9.17, 15) is 9.90 Å². The summed E-state index contributed by atoms with van der Waals surface area (Å²) in [6.45, 7) is 1.97. The molecular formula is C28H18Cl2N2O4. The number of aliphatic imine (C=N–C) groups is 1. The van der Waals surface area contributed by atoms with Gasteiger partial charge in [0, 0.05) is 17.3 Å². The van der Waals surface area contributed by atoms with Crippen molar-refractivity contribution in [3.63, 3.8) is 0 Å². The van der Waals surface area contributed by atoms with E-state index in [0.717, 1.165) is 11.1 Å². The van der Waals surface area contributed by atoms with Gasteiger partial charge in [0.25, 0.3) is 0 Å². The number of phenolic OH excluding ortho intramolecular Hbond substituents is 1. The molecule has 0 saturated carbocycles. The first-order valence-electron chi connectivity index (χ1n) is 10.9. The second-order valence-corrected chi connectivity index (χ2v) is 8.88. The molecule has 0 bridgehead atoms. The summed E-state index contributed by atoms with van der Waals surface area (Å²) in [4.78, 5) is 21.4. The summed E-state index contributed by atoms with van der Waals surface area (Å²) in [6, 6.07) is 22.0. The molecule has 178 valence electrons. The summed E-state index contributed by atoms with van der Waals surface area (Å²) in [7, 11) is 0. The zero-order valence-corrected chi connectivity index (χ0v) is 20.4. The minimum Gasteiger partial charge on any atom is -0.507 e. The van der Waals surface area contributed by atoms with Crippen LogP contribution in [0, 0.1) is 6.92 Å². The molecule has 8 heteroatoms. The molecular weight excluding hydrogens is 499 g/mol. The van der Waals surface area contributed by atoms with Gasteiger partial charge in [-0.05, 0) is 72.6 Å². The number of nitrogens with zero attached hydrogens (tertiary/aromatic N) is 2. The monoisotopic (exact) mass is 516 g/mol. The highest BCUT2D eigenvalue weighted by atomic mass is 35.5. The summed E-state index contributed by atoms with van der Waals surface area (Å²) >= 11 is 12.0. The van der Waals surface area contributed by atoms with Crippen LogP contribution in [0.4, 0.5) is 5.69 Å². The second-order valence-electron chi connectivity index (χ2n) is 8.04. The highest BCUT2D eigenvalue weighted by Crippen LogP contribution is 2.34. The lowest BCUT2D eigenvalue weighted by Gasteiger charge is -2.07. The molecule has 1 aromatic heterocycles. The van der Waals surface area contributed by atoms with E-state index in [1.807, 2.05) is 25.1 Å². The van der Waals surface area contributed by atoms with E-state index in [0.29, 0.717) is 38.8 Å². The third-order valence-corrected chi connectivity index (χ3v) is 5.91. The quantitative estimate of drug-likeness (QED) is 0.146. The van der Waals surface area contributed by atoms with Crippen molar-refractivity contribution >= 4 is 52.2 Å². The van der Waals surface area contributed by atoms with Gasteiger partial charge >= 0.3 is 5.97 Å². The molecule has 4 aromatic carbocycles. The van der Waals surface area contributed by atoms with E-state index in [1.54, 1.807) is 60.8 Å². The summed E-state index contributed by atoms with van der Waals surface area (Å²) in [5.41, 5.74) is 4.56. The van der Waals surface area contributed by atoms with Gasteiger partial charge < -0.3 is 14.3 Å². The molecule has 0 saturated heterocycles. The molecule has 5 aromatic rings. The van der Waals surface area contributed by atoms with Gasteiger partial charge in [-0.25, -0.2) is 9.78 Å². The summed E-state index contributed by atoms with van der Waals surface area (Å²) < 4.78 is 11.2. The SMILES string of the molecule is Cc1ccc2nc(-c3cc(N=Cc4ccc(C(=O)Oc5cc(Cl)ccc5Cl)cc4)ccc3O)oc2c1. The molecule has 36 heavy (non-hydrogen) atoms. The molecule has 0 aliphatic rings. The fraction of sp³-hybridized carbons (Fsp3) is 0.0357. The van der Waals surface area contributed by atoms with Crippen LogP contribution in [0.25, 0.3) is 22.6 Å². The number of aryl methyl sites for hydroxylation is 1. The van der Waals surface area contributed by atoms with E-state index in [-0.39, 0.29) is 16.5 Å². The van der Waals surface area contributed by atoms with E-state index in [1.165, 1.54) is 6.07 Å². The number of ether oxygens (including phenoxy) is 1. The molecule has 0 spiro atoms. The summed E-state index contributed by atoms with van der Waals surface area (Å²) in [5, 5.41) is 11.1. The van der Waals surface area contributed by atoms with Gasteiger partial charge in [-0.2, -0.15) is 0 Å². The number of hydrogen-bond acceptors (Lipinski definition) is 6. The third kappa shape index (κ3) is 5.10. The molecule has 0 aliphatic heterocycles. The van der Waals surface area contributed by atoms with Crippen molar-refractivity contribution in [1.82, 2.24) is 4.98 Å². The van der Waals surface area contributed by atoms with Crippen LogP contribution >= 0.6 is 23.2 Å². The predicted octanol–water partition coefficient (Wildman–Crippen LogP) is 7.79. The van der Waals surface area contributed by atoms with Crippen LogP contribution in [0.15, 0.2) is 88.3 Å². The lowest BCUT2D eigenvalue weighted by molar-refractivity contribution is 0.0735. The van der Waals surface area contributed by atoms with Crippen LogP contribution < -0.4 is 4.74 Å². The van der Waals surface area contributed by atoms with Crippen molar-refractivity contribution in [3.8, 4) is 23.0 Å². The van der Waals surface area contributed by atoms with E-state index >= 15 is 0 Å². The lowest BCUT2D eigenvalue weighted by Crippen LogP contribution is -2.08. The number of oxazole rings is 1. The minimum atomic E-state index is -0.556. The van der Waals surface area contributed by atoms with E-state index < -0.39 is 5.97 Å². The Hall–Kier alpha value is -4.13. The van der Waals surface area contributed by atoms with Crippen molar-refractivity contribution in [2.24, 2.45) is 4.99 Å². The van der Waals surface area contributed by atoms with Crippen LogP contribution in [-0.2, 0) is 0 Å². The molecule has 6 nitrogen and oxygen atoms in total. The Bertz CT molecular complexity index is 1630. The van der Waals surface area contributed by atoms with Crippen LogP contribution in [0.1, 0.15) is 21.5 Å². The number of halogens is 2. The van der Waals surface area contributed by atoms with Gasteiger partial charge in [0.1, 0.15) is 11.3 Å². The third-order valence-electron chi connectivity index (χ3n) is 5.36. The normalized spacial score (nSPS) is 11.3. The van der Waals surface area contributed by atoms with Crippen molar-refractivity contribution in [1.29, 1.82) is 0 Å². The fourth-order valence-electron chi connectivity index (χ4n) is 3.49. The zero-order chi connectivity index (χ0) is 25.2. The van der Waals surface area contributed by atoms with Crippen LogP contribution in [0.3, 0.4) is 0 Å². The average Bonchev–Trinajstić information content (AvgIpc) is 3.29. The molecule has 0 aliphatic carbocycles. The van der Waals surface area contributed by atoms with Gasteiger partial charge in [0.05, 0.1) is 21.8 Å². The maximum Gasteiger partial charge on any atom is 0.343 e. The Kier molecular flexibility index (Phi) is 6.46. The molecule has 1 N–H and O–H groups in total. The molecule has 0 amide bonds. The largest absolute Gasteiger partial charge is 0.507 e. The first kappa shape index (κ1) is 23.6. The maximum atomic E-state index is 12.5. The molecule has 0 unspecified atom stereocenters. The van der Waals surface area contributed by atoms with Gasteiger partial charge in [0.15, 0.2) is 11.3 Å². The van der Waals surface area contributed by atoms with Crippen molar-refractivity contribution in [2.75, 3.05) is 0 Å². The Labute approximate surface area is 216 Å². The predicted molar refractivity (Wildman–Crippen MR) is 141 cm³/mol. The van der Waals surface area contributed by atoms with Crippen LogP contribution in [-0.4, -0.2) is 22.3 Å². The van der Waals surface area contributed by atoms with Crippen LogP contribution in [0.5, 0.6) is 11.5 Å². The van der Waals surface area contributed by atoms with Crippen LogP contribution in [0.2, 0.25) is 10.0 Å². The number of carbonyl (C=O) groups excluding carboxylic acids is 1. The highest BCUT2D eigenvalue weighted by molar-refractivity contribution is 6.34. The van der Waals surface area contributed by atoms with E-state index in [4.69, 9.17) is 32.4 Å². The number of aromatic hydroxyl groups is 1. The number of aromatic nitrogens is 1. The Morgan fingerprint density at radius 2 is 1.81 bits per heavy atom. The molecule has 0 atom stereocenters. The highest BCUT2D eigenvalue weighted by Gasteiger charge is 2.14. The number of phenols is 1. The number of esters is 1. The standard InChI is InChI=1S/C28H18Cl2N2O4/c1-16-2-10-23-26(12-16)35-27(32-23)21-14-20(8-11-24(21)33)31-15-17-3-5-18(6-4-17)28(34)36-25-13-19(29)7-9-22(25)30/h2-15,33H,1H3. The summed E-state index contributed by atoms with van der Waals surface area (Å²) in [5.74, 6) is -0.0101. The number of fused-ring (bicyclic) bond motifs is 1. The number of rotatable bonds is 5. The second kappa shape index (κ2) is 9.85. The van der Waals surface area contributed by atoms with Gasteiger partial charge in [-0.3, -0.25) is 4.99 Å². The lowest BCUT2D eigenvalue weighted by atomic mass is 10.1. The van der Waals surface area contributed by atoms with Gasteiger partial charge in [0.2, 0.25) is 5.89 Å². The summed E-state index contributed by atoms with van der Waals surface area (Å²) in [6.07, 6.45) is 1.65. The first-order chi connectivity index (χ1) is 17.4. The number of benzene rings is 4. The minimum absolute atomic E-state index is 0.0416. The van der Waals surface area contributed by atoms with Crippen molar-refractivity contribution < 1.29 is 19.1 Å². The maximum absolute atomic E-state index is 12.5. The number of carbonyl (C=O) groups is 1. The fourth-order valence-corrected chi connectivity index (χ4v) is 3.81. The zero-order valence-electron chi connectivity index (χ0n) is 18.9. The van der Waals surface area contributed by atoms with E-state index in [2.05, 4.69) is 9.98 Å².